The third kappa shape index (κ3) is 1.93. The lowest BCUT2D eigenvalue weighted by atomic mass is 9.96. The lowest BCUT2D eigenvalue weighted by Gasteiger charge is -2.07. The Kier molecular flexibility index (Phi) is 2.77. The van der Waals surface area contributed by atoms with E-state index in [1.54, 1.807) is 0 Å². The fraction of sp³-hybridized carbons (Fsp3) is 0.0625. The van der Waals surface area contributed by atoms with Crippen LogP contribution in [0.25, 0.3) is 10.9 Å². The number of fused-ring (bicyclic) bond motifs is 2. The van der Waals surface area contributed by atoms with Crippen LogP contribution in [0.4, 0.5) is 20.2 Å². The highest BCUT2D eigenvalue weighted by atomic mass is 19.1. The molecule has 0 spiro atoms. The highest BCUT2D eigenvalue weighted by Crippen LogP contribution is 2.43. The largest absolute Gasteiger partial charge is 0.356 e. The number of nitrogens with zero attached hydrogens (tertiary/aromatic N) is 1. The molecule has 0 bridgehead atoms. The molecule has 3 aromatic rings. The van der Waals surface area contributed by atoms with E-state index in [-0.39, 0.29) is 16.8 Å². The Bertz CT molecular complexity index is 981. The van der Waals surface area contributed by atoms with E-state index in [1.807, 2.05) is 0 Å². The molecule has 2 aromatic carbocycles. The quantitative estimate of drug-likeness (QED) is 0.703. The highest BCUT2D eigenvalue weighted by molar-refractivity contribution is 6.07. The standard InChI is InChI=1S/C16H9F2N3O2/c17-7-1-3-11-9(5-7)13(16(22)20-11)15-14(21-23)10-6-8(18)2-4-12(10)19-15/h1-6,13,19H,(H,20,22). The SMILES string of the molecule is O=Nc1c(C2C(=O)Nc3ccc(F)cc32)[nH]c2ccc(F)cc12. The van der Waals surface area contributed by atoms with Crippen LogP contribution in [0.15, 0.2) is 41.6 Å². The zero-order chi connectivity index (χ0) is 16.1. The topological polar surface area (TPSA) is 74.3 Å². The van der Waals surface area contributed by atoms with Gasteiger partial charge in [-0.05, 0) is 47.1 Å². The van der Waals surface area contributed by atoms with Gasteiger partial charge in [-0.15, -0.1) is 4.91 Å². The molecule has 0 radical (unpaired) electrons. The summed E-state index contributed by atoms with van der Waals surface area (Å²) in [6.07, 6.45) is 0. The summed E-state index contributed by atoms with van der Waals surface area (Å²) in [7, 11) is 0. The first-order valence-electron chi connectivity index (χ1n) is 6.83. The maximum atomic E-state index is 13.5. The first-order chi connectivity index (χ1) is 11.1. The van der Waals surface area contributed by atoms with Gasteiger partial charge in [-0.3, -0.25) is 4.79 Å². The van der Waals surface area contributed by atoms with Gasteiger partial charge >= 0.3 is 0 Å². The van der Waals surface area contributed by atoms with Gasteiger partial charge in [0.25, 0.3) is 0 Å². The molecule has 4 rings (SSSR count). The number of halogens is 2. The van der Waals surface area contributed by atoms with Gasteiger partial charge in [0.15, 0.2) is 0 Å². The second-order valence-corrected chi connectivity index (χ2v) is 5.32. The summed E-state index contributed by atoms with van der Waals surface area (Å²) >= 11 is 0. The number of hydrogen-bond donors (Lipinski definition) is 2. The zero-order valence-electron chi connectivity index (χ0n) is 11.6. The van der Waals surface area contributed by atoms with Crippen LogP contribution in [0.3, 0.4) is 0 Å². The molecule has 5 nitrogen and oxygen atoms in total. The molecule has 1 unspecified atom stereocenters. The number of aromatic nitrogens is 1. The first-order valence-corrected chi connectivity index (χ1v) is 6.83. The molecule has 1 aromatic heterocycles. The summed E-state index contributed by atoms with van der Waals surface area (Å²) in [5.74, 6) is -2.31. The van der Waals surface area contributed by atoms with Crippen molar-refractivity contribution in [1.29, 1.82) is 0 Å². The van der Waals surface area contributed by atoms with Crippen LogP contribution in [0, 0.1) is 16.5 Å². The van der Waals surface area contributed by atoms with E-state index in [9.17, 15) is 18.5 Å². The molecule has 1 amide bonds. The van der Waals surface area contributed by atoms with E-state index in [4.69, 9.17) is 0 Å². The molecule has 2 N–H and O–H groups in total. The van der Waals surface area contributed by atoms with Crippen molar-refractivity contribution in [1.82, 2.24) is 4.98 Å². The number of carbonyl (C=O) groups excluding carboxylic acids is 1. The number of hydrogen-bond acceptors (Lipinski definition) is 3. The minimum Gasteiger partial charge on any atom is -0.356 e. The Morgan fingerprint density at radius 2 is 1.78 bits per heavy atom. The number of aromatic amines is 1. The van der Waals surface area contributed by atoms with Gasteiger partial charge in [-0.1, -0.05) is 0 Å². The normalized spacial score (nSPS) is 16.4. The summed E-state index contributed by atoms with van der Waals surface area (Å²) in [6.45, 7) is 0. The lowest BCUT2D eigenvalue weighted by Crippen LogP contribution is -2.13. The molecule has 1 aliphatic heterocycles. The van der Waals surface area contributed by atoms with Gasteiger partial charge in [0.05, 0.1) is 5.69 Å². The van der Waals surface area contributed by atoms with E-state index in [2.05, 4.69) is 15.5 Å². The number of nitroso groups, excluding NO2 is 1. The summed E-state index contributed by atoms with van der Waals surface area (Å²) < 4.78 is 27.0. The van der Waals surface area contributed by atoms with Crippen LogP contribution in [-0.4, -0.2) is 10.9 Å². The zero-order valence-corrected chi connectivity index (χ0v) is 11.6. The molecule has 0 saturated carbocycles. The number of H-pyrrole nitrogens is 1. The molecule has 0 fully saturated rings. The fourth-order valence-electron chi connectivity index (χ4n) is 3.00. The summed E-state index contributed by atoms with van der Waals surface area (Å²) in [5.41, 5.74) is 1.54. The van der Waals surface area contributed by atoms with Crippen molar-refractivity contribution in [3.63, 3.8) is 0 Å². The molecule has 1 atom stereocenters. The molecular weight excluding hydrogens is 304 g/mol. The van der Waals surface area contributed by atoms with Crippen molar-refractivity contribution < 1.29 is 13.6 Å². The molecule has 7 heteroatoms. The number of anilines is 1. The van der Waals surface area contributed by atoms with Crippen LogP contribution in [0.2, 0.25) is 0 Å². The van der Waals surface area contributed by atoms with Gasteiger partial charge in [0, 0.05) is 16.6 Å². The number of amides is 1. The fourth-order valence-corrected chi connectivity index (χ4v) is 3.00. The number of carbonyl (C=O) groups is 1. The van der Waals surface area contributed by atoms with Crippen LogP contribution < -0.4 is 5.32 Å². The third-order valence-electron chi connectivity index (χ3n) is 3.99. The molecule has 0 aliphatic carbocycles. The molecule has 23 heavy (non-hydrogen) atoms. The molecule has 114 valence electrons. The van der Waals surface area contributed by atoms with Crippen LogP contribution in [0.5, 0.6) is 0 Å². The van der Waals surface area contributed by atoms with Crippen LogP contribution >= 0.6 is 0 Å². The van der Waals surface area contributed by atoms with Gasteiger partial charge in [-0.2, -0.15) is 0 Å². The van der Waals surface area contributed by atoms with E-state index >= 15 is 0 Å². The van der Waals surface area contributed by atoms with E-state index in [0.717, 1.165) is 0 Å². The van der Waals surface area contributed by atoms with Gasteiger partial charge in [-0.25, -0.2) is 8.78 Å². The lowest BCUT2D eigenvalue weighted by molar-refractivity contribution is -0.116. The molecular formula is C16H9F2N3O2. The Labute approximate surface area is 128 Å². The summed E-state index contributed by atoms with van der Waals surface area (Å²) in [6, 6.07) is 7.80. The Morgan fingerprint density at radius 3 is 2.57 bits per heavy atom. The van der Waals surface area contributed by atoms with Crippen molar-refractivity contribution in [2.24, 2.45) is 5.18 Å². The highest BCUT2D eigenvalue weighted by Gasteiger charge is 2.36. The van der Waals surface area contributed by atoms with Gasteiger partial charge in [0.2, 0.25) is 5.91 Å². The van der Waals surface area contributed by atoms with Crippen LogP contribution in [0.1, 0.15) is 17.2 Å². The monoisotopic (exact) mass is 313 g/mol. The van der Waals surface area contributed by atoms with E-state index in [1.165, 1.54) is 36.4 Å². The molecule has 0 saturated heterocycles. The number of nitrogens with one attached hydrogen (secondary N) is 2. The van der Waals surface area contributed by atoms with Gasteiger partial charge < -0.3 is 10.3 Å². The second kappa shape index (κ2) is 4.70. The Morgan fingerprint density at radius 1 is 1.04 bits per heavy atom. The molecule has 1 aliphatic rings. The molecule has 2 heterocycles. The number of benzene rings is 2. The predicted octanol–water partition coefficient (Wildman–Crippen LogP) is 3.93. The maximum Gasteiger partial charge on any atom is 0.238 e. The predicted molar refractivity (Wildman–Crippen MR) is 80.6 cm³/mol. The second-order valence-electron chi connectivity index (χ2n) is 5.32. The first kappa shape index (κ1) is 13.6. The third-order valence-corrected chi connectivity index (χ3v) is 3.99. The Balaban J connectivity index is 1.98. The van der Waals surface area contributed by atoms with Crippen molar-refractivity contribution in [3.05, 3.63) is 64.2 Å². The Hall–Kier alpha value is -3.09. The summed E-state index contributed by atoms with van der Waals surface area (Å²) in [5, 5.41) is 5.87. The van der Waals surface area contributed by atoms with Crippen LogP contribution in [-0.2, 0) is 4.79 Å². The average Bonchev–Trinajstić information content (AvgIpc) is 3.02. The average molecular weight is 313 g/mol. The smallest absolute Gasteiger partial charge is 0.238 e. The summed E-state index contributed by atoms with van der Waals surface area (Å²) in [4.78, 5) is 26.5. The van der Waals surface area contributed by atoms with Crippen molar-refractivity contribution >= 4 is 28.2 Å². The number of rotatable bonds is 2. The minimum atomic E-state index is -0.899. The van der Waals surface area contributed by atoms with Gasteiger partial charge in [0.1, 0.15) is 23.2 Å². The van der Waals surface area contributed by atoms with Crippen molar-refractivity contribution in [3.8, 4) is 0 Å². The van der Waals surface area contributed by atoms with E-state index < -0.39 is 23.5 Å². The van der Waals surface area contributed by atoms with Crippen molar-refractivity contribution in [2.45, 2.75) is 5.92 Å². The minimum absolute atomic E-state index is 0.0447. The maximum absolute atomic E-state index is 13.5. The van der Waals surface area contributed by atoms with E-state index in [0.29, 0.717) is 16.8 Å². The van der Waals surface area contributed by atoms with Crippen molar-refractivity contribution in [2.75, 3.05) is 5.32 Å².